The largest absolute Gasteiger partial charge is 0.266 e. The molecule has 0 radical (unpaired) electrons. The molecule has 0 fully saturated rings. The van der Waals surface area contributed by atoms with E-state index in [0.29, 0.717) is 0 Å². The van der Waals surface area contributed by atoms with Crippen molar-refractivity contribution in [2.45, 2.75) is 20.4 Å². The Hall–Kier alpha value is -1.97. The quantitative estimate of drug-likeness (QED) is 0.787. The molecule has 0 saturated heterocycles. The van der Waals surface area contributed by atoms with Crippen LogP contribution in [-0.4, -0.2) is 19.7 Å². The monoisotopic (exact) mass is 214 g/mol. The molecule has 2 aromatic heterocycles. The summed E-state index contributed by atoms with van der Waals surface area (Å²) in [6, 6.07) is 1.99. The highest BCUT2D eigenvalue weighted by atomic mass is 15.3. The van der Waals surface area contributed by atoms with E-state index >= 15 is 0 Å². The van der Waals surface area contributed by atoms with E-state index in [2.05, 4.69) is 28.1 Å². The Balaban J connectivity index is 2.31. The number of rotatable bonds is 3. The predicted molar refractivity (Wildman–Crippen MR) is 63.5 cm³/mol. The number of hydrogen-bond acceptors (Lipinski definition) is 3. The van der Waals surface area contributed by atoms with Gasteiger partial charge in [-0.25, -0.2) is 0 Å². The van der Waals surface area contributed by atoms with E-state index < -0.39 is 0 Å². The molecule has 0 unspecified atom stereocenters. The summed E-state index contributed by atoms with van der Waals surface area (Å²) in [6.07, 6.45) is 9.01. The van der Waals surface area contributed by atoms with Crippen LogP contribution in [0, 0.1) is 0 Å². The van der Waals surface area contributed by atoms with Crippen molar-refractivity contribution >= 4 is 11.6 Å². The normalized spacial score (nSPS) is 11.8. The summed E-state index contributed by atoms with van der Waals surface area (Å²) >= 11 is 0. The van der Waals surface area contributed by atoms with Crippen LogP contribution in [0.5, 0.6) is 0 Å². The summed E-state index contributed by atoms with van der Waals surface area (Å²) in [5, 5.41) is 4.22. The number of aromatic nitrogens is 4. The number of hydrogen-bond donors (Lipinski definition) is 0. The highest BCUT2D eigenvalue weighted by molar-refractivity contribution is 5.77. The van der Waals surface area contributed by atoms with Crippen molar-refractivity contribution in [2.24, 2.45) is 0 Å². The molecular formula is C12H14N4. The molecule has 0 saturated carbocycles. The van der Waals surface area contributed by atoms with Crippen LogP contribution in [0.4, 0.5) is 0 Å². The van der Waals surface area contributed by atoms with Gasteiger partial charge in [-0.2, -0.15) is 5.10 Å². The Morgan fingerprint density at radius 2 is 2.25 bits per heavy atom. The summed E-state index contributed by atoms with van der Waals surface area (Å²) in [6.45, 7) is 4.96. The fourth-order valence-electron chi connectivity index (χ4n) is 1.53. The second-order valence-electron chi connectivity index (χ2n) is 3.49. The van der Waals surface area contributed by atoms with Gasteiger partial charge in [0.05, 0.1) is 17.6 Å². The first-order valence-corrected chi connectivity index (χ1v) is 5.27. The lowest BCUT2D eigenvalue weighted by molar-refractivity contribution is 0.654. The average Bonchev–Trinajstić information content (AvgIpc) is 2.77. The van der Waals surface area contributed by atoms with Crippen LogP contribution < -0.4 is 0 Å². The maximum absolute atomic E-state index is 4.25. The van der Waals surface area contributed by atoms with Gasteiger partial charge in [0.1, 0.15) is 0 Å². The summed E-state index contributed by atoms with van der Waals surface area (Å²) in [5.41, 5.74) is 3.07. The molecule has 4 nitrogen and oxygen atoms in total. The molecule has 0 aromatic carbocycles. The predicted octanol–water partition coefficient (Wildman–Crippen LogP) is 2.25. The molecule has 2 aromatic rings. The Morgan fingerprint density at radius 3 is 2.94 bits per heavy atom. The Labute approximate surface area is 94.7 Å². The van der Waals surface area contributed by atoms with E-state index in [4.69, 9.17) is 0 Å². The van der Waals surface area contributed by atoms with Crippen molar-refractivity contribution in [2.75, 3.05) is 0 Å². The van der Waals surface area contributed by atoms with Crippen molar-refractivity contribution in [1.29, 1.82) is 0 Å². The van der Waals surface area contributed by atoms with E-state index in [1.807, 2.05) is 17.7 Å². The Morgan fingerprint density at radius 1 is 1.38 bits per heavy atom. The Bertz CT molecular complexity index is 485. The van der Waals surface area contributed by atoms with Gasteiger partial charge in [-0.3, -0.25) is 14.6 Å². The van der Waals surface area contributed by atoms with Gasteiger partial charge in [0.15, 0.2) is 0 Å². The van der Waals surface area contributed by atoms with E-state index in [1.54, 1.807) is 24.8 Å². The molecule has 0 amide bonds. The minimum Gasteiger partial charge on any atom is -0.266 e. The van der Waals surface area contributed by atoms with Crippen LogP contribution in [0.25, 0.3) is 11.6 Å². The van der Waals surface area contributed by atoms with E-state index in [1.165, 1.54) is 0 Å². The summed E-state index contributed by atoms with van der Waals surface area (Å²) in [5.74, 6) is 0. The molecule has 0 aliphatic carbocycles. The lowest BCUT2D eigenvalue weighted by Gasteiger charge is -2.02. The van der Waals surface area contributed by atoms with Gasteiger partial charge in [0.25, 0.3) is 0 Å². The van der Waals surface area contributed by atoms with Crippen LogP contribution in [0.1, 0.15) is 25.2 Å². The molecule has 0 bridgehead atoms. The Kier molecular flexibility index (Phi) is 3.10. The first-order chi connectivity index (χ1) is 7.81. The van der Waals surface area contributed by atoms with Crippen molar-refractivity contribution in [1.82, 2.24) is 19.7 Å². The van der Waals surface area contributed by atoms with Crippen molar-refractivity contribution in [3.63, 3.8) is 0 Å². The van der Waals surface area contributed by atoms with Gasteiger partial charge in [0, 0.05) is 25.1 Å². The number of nitrogens with zero attached hydrogens (tertiary/aromatic N) is 4. The van der Waals surface area contributed by atoms with Crippen molar-refractivity contribution < 1.29 is 0 Å². The third-order valence-corrected chi connectivity index (χ3v) is 2.38. The standard InChI is InChI=1S/C12H14N4/c1-3-16-11(4-5-15-16)8-10(2)12-9-13-6-7-14-12/h4-9H,3H2,1-2H3/b10-8+. The van der Waals surface area contributed by atoms with Gasteiger partial charge in [-0.05, 0) is 31.6 Å². The molecule has 0 atom stereocenters. The molecule has 2 rings (SSSR count). The van der Waals surface area contributed by atoms with Crippen LogP contribution in [0.2, 0.25) is 0 Å². The molecule has 2 heterocycles. The van der Waals surface area contributed by atoms with Gasteiger partial charge in [-0.15, -0.1) is 0 Å². The molecule has 0 aliphatic heterocycles. The molecular weight excluding hydrogens is 200 g/mol. The SMILES string of the molecule is CCn1nccc1/C=C(\C)c1cnccn1. The minimum atomic E-state index is 0.868. The zero-order chi connectivity index (χ0) is 11.4. The first kappa shape index (κ1) is 10.5. The number of allylic oxidation sites excluding steroid dienone is 1. The van der Waals surface area contributed by atoms with Crippen LogP contribution in [0.3, 0.4) is 0 Å². The lowest BCUT2D eigenvalue weighted by Crippen LogP contribution is -1.98. The highest BCUT2D eigenvalue weighted by Gasteiger charge is 2.00. The van der Waals surface area contributed by atoms with Crippen molar-refractivity contribution in [3.8, 4) is 0 Å². The second-order valence-corrected chi connectivity index (χ2v) is 3.49. The zero-order valence-corrected chi connectivity index (χ0v) is 9.46. The molecule has 0 N–H and O–H groups in total. The van der Waals surface area contributed by atoms with Crippen LogP contribution in [0.15, 0.2) is 30.9 Å². The molecule has 16 heavy (non-hydrogen) atoms. The third kappa shape index (κ3) is 2.16. The first-order valence-electron chi connectivity index (χ1n) is 5.27. The second kappa shape index (κ2) is 4.70. The third-order valence-electron chi connectivity index (χ3n) is 2.38. The fourth-order valence-corrected chi connectivity index (χ4v) is 1.53. The minimum absolute atomic E-state index is 0.868. The topological polar surface area (TPSA) is 43.6 Å². The van der Waals surface area contributed by atoms with E-state index in [-0.39, 0.29) is 0 Å². The summed E-state index contributed by atoms with van der Waals surface area (Å²) in [4.78, 5) is 8.31. The smallest absolute Gasteiger partial charge is 0.0842 e. The molecule has 82 valence electrons. The van der Waals surface area contributed by atoms with Crippen LogP contribution >= 0.6 is 0 Å². The van der Waals surface area contributed by atoms with Crippen molar-refractivity contribution in [3.05, 3.63) is 42.2 Å². The van der Waals surface area contributed by atoms with Crippen LogP contribution in [-0.2, 0) is 6.54 Å². The average molecular weight is 214 g/mol. The highest BCUT2D eigenvalue weighted by Crippen LogP contribution is 2.14. The van der Waals surface area contributed by atoms with Gasteiger partial charge >= 0.3 is 0 Å². The van der Waals surface area contributed by atoms with E-state index in [9.17, 15) is 0 Å². The molecule has 0 spiro atoms. The molecule has 0 aliphatic rings. The zero-order valence-electron chi connectivity index (χ0n) is 9.46. The lowest BCUT2D eigenvalue weighted by atomic mass is 10.2. The molecule has 4 heteroatoms. The van der Waals surface area contributed by atoms with Gasteiger partial charge in [-0.1, -0.05) is 0 Å². The summed E-state index contributed by atoms with van der Waals surface area (Å²) < 4.78 is 1.94. The maximum Gasteiger partial charge on any atom is 0.0842 e. The number of aryl methyl sites for hydroxylation is 1. The fraction of sp³-hybridized carbons (Fsp3) is 0.250. The van der Waals surface area contributed by atoms with E-state index in [0.717, 1.165) is 23.5 Å². The van der Waals surface area contributed by atoms with Gasteiger partial charge < -0.3 is 0 Å². The summed E-state index contributed by atoms with van der Waals surface area (Å²) in [7, 11) is 0. The van der Waals surface area contributed by atoms with Gasteiger partial charge in [0.2, 0.25) is 0 Å². The maximum atomic E-state index is 4.25.